The van der Waals surface area contributed by atoms with Crippen molar-refractivity contribution in [2.45, 2.75) is 43.8 Å². The van der Waals surface area contributed by atoms with Crippen LogP contribution in [0.4, 0.5) is 13.2 Å². The van der Waals surface area contributed by atoms with Crippen LogP contribution in [0, 0.1) is 0 Å². The van der Waals surface area contributed by atoms with E-state index in [1.807, 2.05) is 6.92 Å². The molecule has 7 heteroatoms. The molecule has 1 saturated carbocycles. The SMILES string of the molecule is CC(CCNC(=O)C1(N)CC1)c1cccc(C(F)(F)F)c1.Cl. The fourth-order valence-corrected chi connectivity index (χ4v) is 2.13. The monoisotopic (exact) mass is 336 g/mol. The summed E-state index contributed by atoms with van der Waals surface area (Å²) in [7, 11) is 0. The van der Waals surface area contributed by atoms with E-state index in [4.69, 9.17) is 5.73 Å². The molecule has 0 heterocycles. The fourth-order valence-electron chi connectivity index (χ4n) is 2.13. The van der Waals surface area contributed by atoms with Crippen molar-refractivity contribution in [3.05, 3.63) is 35.4 Å². The van der Waals surface area contributed by atoms with Gasteiger partial charge in [-0.15, -0.1) is 12.4 Å². The van der Waals surface area contributed by atoms with E-state index in [9.17, 15) is 18.0 Å². The van der Waals surface area contributed by atoms with Gasteiger partial charge in [-0.25, -0.2) is 0 Å². The van der Waals surface area contributed by atoms with Gasteiger partial charge in [0.25, 0.3) is 0 Å². The van der Waals surface area contributed by atoms with Gasteiger partial charge >= 0.3 is 6.18 Å². The minimum Gasteiger partial charge on any atom is -0.354 e. The molecular formula is C15H20ClF3N2O. The fraction of sp³-hybridized carbons (Fsp3) is 0.533. The topological polar surface area (TPSA) is 55.1 Å². The minimum atomic E-state index is -4.33. The van der Waals surface area contributed by atoms with E-state index in [0.717, 1.165) is 12.1 Å². The Balaban J connectivity index is 0.00000242. The zero-order valence-electron chi connectivity index (χ0n) is 12.2. The molecule has 2 rings (SSSR count). The molecule has 3 nitrogen and oxygen atoms in total. The van der Waals surface area contributed by atoms with Crippen LogP contribution in [0.15, 0.2) is 24.3 Å². The molecule has 1 aliphatic rings. The Hall–Kier alpha value is -1.27. The molecule has 0 spiro atoms. The molecule has 0 aromatic heterocycles. The maximum Gasteiger partial charge on any atom is 0.416 e. The average molecular weight is 337 g/mol. The van der Waals surface area contributed by atoms with E-state index < -0.39 is 17.3 Å². The number of alkyl halides is 3. The second-order valence-electron chi connectivity index (χ2n) is 5.72. The van der Waals surface area contributed by atoms with Crippen LogP contribution < -0.4 is 11.1 Å². The van der Waals surface area contributed by atoms with Gasteiger partial charge in [0.05, 0.1) is 11.1 Å². The predicted octanol–water partition coefficient (Wildman–Crippen LogP) is 3.23. The number of nitrogens with one attached hydrogen (secondary N) is 1. The van der Waals surface area contributed by atoms with Gasteiger partial charge in [-0.3, -0.25) is 4.79 Å². The van der Waals surface area contributed by atoms with Crippen molar-refractivity contribution < 1.29 is 18.0 Å². The first-order valence-corrected chi connectivity index (χ1v) is 6.97. The van der Waals surface area contributed by atoms with Gasteiger partial charge in [0, 0.05) is 6.54 Å². The number of rotatable bonds is 5. The molecular weight excluding hydrogens is 317 g/mol. The maximum atomic E-state index is 12.7. The number of halogens is 4. The molecule has 0 bridgehead atoms. The second kappa shape index (κ2) is 6.87. The molecule has 1 atom stereocenters. The standard InChI is InChI=1S/C15H19F3N2O.ClH/c1-10(5-8-20-13(21)14(19)6-7-14)11-3-2-4-12(9-11)15(16,17)18;/h2-4,9-10H,5-8,19H2,1H3,(H,20,21);1H. The molecule has 0 radical (unpaired) electrons. The summed E-state index contributed by atoms with van der Waals surface area (Å²) in [5.74, 6) is -0.237. The molecule has 0 saturated heterocycles. The Bertz CT molecular complexity index is 530. The lowest BCUT2D eigenvalue weighted by Gasteiger charge is -2.16. The smallest absolute Gasteiger partial charge is 0.354 e. The van der Waals surface area contributed by atoms with Crippen LogP contribution in [0.25, 0.3) is 0 Å². The first-order chi connectivity index (χ1) is 9.72. The highest BCUT2D eigenvalue weighted by molar-refractivity contribution is 5.88. The van der Waals surface area contributed by atoms with Crippen LogP contribution in [0.1, 0.15) is 43.2 Å². The number of nitrogens with two attached hydrogens (primary N) is 1. The minimum absolute atomic E-state index is 0. The van der Waals surface area contributed by atoms with Crippen molar-refractivity contribution in [3.63, 3.8) is 0 Å². The molecule has 22 heavy (non-hydrogen) atoms. The van der Waals surface area contributed by atoms with Crippen molar-refractivity contribution in [1.29, 1.82) is 0 Å². The van der Waals surface area contributed by atoms with E-state index >= 15 is 0 Å². The van der Waals surface area contributed by atoms with Gasteiger partial charge < -0.3 is 11.1 Å². The van der Waals surface area contributed by atoms with Gasteiger partial charge in [-0.1, -0.05) is 25.1 Å². The highest BCUT2D eigenvalue weighted by Gasteiger charge is 2.45. The highest BCUT2D eigenvalue weighted by atomic mass is 35.5. The van der Waals surface area contributed by atoms with Crippen LogP contribution in [-0.4, -0.2) is 18.0 Å². The largest absolute Gasteiger partial charge is 0.416 e. The summed E-state index contributed by atoms with van der Waals surface area (Å²) in [6.07, 6.45) is -2.37. The molecule has 1 aromatic carbocycles. The summed E-state index contributed by atoms with van der Waals surface area (Å²) >= 11 is 0. The van der Waals surface area contributed by atoms with Crippen LogP contribution in [0.2, 0.25) is 0 Å². The zero-order chi connectivity index (χ0) is 15.7. The first-order valence-electron chi connectivity index (χ1n) is 6.97. The van der Waals surface area contributed by atoms with Crippen molar-refractivity contribution in [3.8, 4) is 0 Å². The summed E-state index contributed by atoms with van der Waals surface area (Å²) in [6.45, 7) is 2.26. The Morgan fingerprint density at radius 1 is 1.41 bits per heavy atom. The number of amides is 1. The van der Waals surface area contributed by atoms with E-state index in [2.05, 4.69) is 5.32 Å². The van der Waals surface area contributed by atoms with Gasteiger partial charge in [0.2, 0.25) is 5.91 Å². The lowest BCUT2D eigenvalue weighted by molar-refractivity contribution is -0.137. The van der Waals surface area contributed by atoms with E-state index in [1.165, 1.54) is 6.07 Å². The van der Waals surface area contributed by atoms with Crippen LogP contribution >= 0.6 is 12.4 Å². The Kier molecular flexibility index (Phi) is 5.87. The lowest BCUT2D eigenvalue weighted by Crippen LogP contribution is -2.43. The van der Waals surface area contributed by atoms with E-state index in [0.29, 0.717) is 31.4 Å². The molecule has 0 aliphatic heterocycles. The van der Waals surface area contributed by atoms with Crippen molar-refractivity contribution in [1.82, 2.24) is 5.32 Å². The highest BCUT2D eigenvalue weighted by Crippen LogP contribution is 2.33. The van der Waals surface area contributed by atoms with Crippen molar-refractivity contribution in [2.24, 2.45) is 5.73 Å². The maximum absolute atomic E-state index is 12.7. The first kappa shape index (κ1) is 18.8. The average Bonchev–Trinajstić information content (AvgIpc) is 3.17. The summed E-state index contributed by atoms with van der Waals surface area (Å²) < 4.78 is 38.0. The van der Waals surface area contributed by atoms with Gasteiger partial charge in [-0.05, 0) is 36.8 Å². The summed E-state index contributed by atoms with van der Waals surface area (Å²) in [5, 5.41) is 2.74. The molecule has 1 aromatic rings. The quantitative estimate of drug-likeness (QED) is 0.867. The normalized spacial score (nSPS) is 17.3. The number of carbonyl (C=O) groups is 1. The third kappa shape index (κ3) is 4.61. The number of hydrogen-bond donors (Lipinski definition) is 2. The van der Waals surface area contributed by atoms with Gasteiger partial charge in [0.1, 0.15) is 0 Å². The molecule has 1 amide bonds. The lowest BCUT2D eigenvalue weighted by atomic mass is 9.96. The number of hydrogen-bond acceptors (Lipinski definition) is 2. The Morgan fingerprint density at radius 3 is 2.59 bits per heavy atom. The van der Waals surface area contributed by atoms with Crippen molar-refractivity contribution >= 4 is 18.3 Å². The molecule has 124 valence electrons. The van der Waals surface area contributed by atoms with E-state index in [1.54, 1.807) is 6.07 Å². The van der Waals surface area contributed by atoms with Crippen LogP contribution in [0.5, 0.6) is 0 Å². The van der Waals surface area contributed by atoms with Crippen molar-refractivity contribution in [2.75, 3.05) is 6.54 Å². The Morgan fingerprint density at radius 2 is 2.05 bits per heavy atom. The Labute approximate surface area is 133 Å². The summed E-state index contributed by atoms with van der Waals surface area (Å²) in [4.78, 5) is 11.6. The molecule has 1 aliphatic carbocycles. The number of benzene rings is 1. The summed E-state index contributed by atoms with van der Waals surface area (Å²) in [5.41, 5.74) is 5.01. The third-order valence-corrected chi connectivity index (χ3v) is 3.89. The third-order valence-electron chi connectivity index (χ3n) is 3.89. The van der Waals surface area contributed by atoms with Crippen LogP contribution in [-0.2, 0) is 11.0 Å². The van der Waals surface area contributed by atoms with Gasteiger partial charge in [-0.2, -0.15) is 13.2 Å². The van der Waals surface area contributed by atoms with Gasteiger partial charge in [0.15, 0.2) is 0 Å². The van der Waals surface area contributed by atoms with E-state index in [-0.39, 0.29) is 24.2 Å². The molecule has 1 fully saturated rings. The van der Waals surface area contributed by atoms with Crippen LogP contribution in [0.3, 0.4) is 0 Å². The number of carbonyl (C=O) groups excluding carboxylic acids is 1. The molecule has 3 N–H and O–H groups in total. The zero-order valence-corrected chi connectivity index (χ0v) is 13.1. The molecule has 1 unspecified atom stereocenters. The summed E-state index contributed by atoms with van der Waals surface area (Å²) in [6, 6.07) is 5.31. The second-order valence-corrected chi connectivity index (χ2v) is 5.72. The predicted molar refractivity (Wildman–Crippen MR) is 80.9 cm³/mol.